The Balaban J connectivity index is 2.17. The number of aryl methyl sites for hydroxylation is 1. The number of aromatic nitrogens is 1. The summed E-state index contributed by atoms with van der Waals surface area (Å²) >= 11 is 0. The molecule has 17 heavy (non-hydrogen) atoms. The molecule has 3 nitrogen and oxygen atoms in total. The van der Waals surface area contributed by atoms with Gasteiger partial charge >= 0.3 is 0 Å². The van der Waals surface area contributed by atoms with Crippen molar-refractivity contribution >= 4 is 0 Å². The highest BCUT2D eigenvalue weighted by Crippen LogP contribution is 2.32. The zero-order valence-corrected chi connectivity index (χ0v) is 11.0. The molecule has 0 radical (unpaired) electrons. The summed E-state index contributed by atoms with van der Waals surface area (Å²) in [5.74, 6) is 2.11. The minimum atomic E-state index is 0.590. The topological polar surface area (TPSA) is 34.1 Å². The van der Waals surface area contributed by atoms with E-state index < -0.39 is 0 Å². The number of nitrogens with zero attached hydrogens (tertiary/aromatic N) is 1. The van der Waals surface area contributed by atoms with Crippen LogP contribution in [0.25, 0.3) is 0 Å². The minimum absolute atomic E-state index is 0.590. The van der Waals surface area contributed by atoms with Crippen LogP contribution in [0.2, 0.25) is 0 Å². The van der Waals surface area contributed by atoms with Crippen molar-refractivity contribution in [3.05, 3.63) is 23.4 Å². The van der Waals surface area contributed by atoms with Crippen LogP contribution in [-0.4, -0.2) is 25.2 Å². The van der Waals surface area contributed by atoms with Crippen LogP contribution in [0.3, 0.4) is 0 Å². The molecule has 0 aliphatic carbocycles. The van der Waals surface area contributed by atoms with Crippen LogP contribution >= 0.6 is 0 Å². The Morgan fingerprint density at radius 3 is 2.71 bits per heavy atom. The Morgan fingerprint density at radius 1 is 1.35 bits per heavy atom. The van der Waals surface area contributed by atoms with Crippen LogP contribution in [-0.2, 0) is 0 Å². The third kappa shape index (κ3) is 2.97. The van der Waals surface area contributed by atoms with Gasteiger partial charge in [0.25, 0.3) is 0 Å². The highest BCUT2D eigenvalue weighted by atomic mass is 16.5. The second-order valence-corrected chi connectivity index (χ2v) is 4.96. The van der Waals surface area contributed by atoms with Gasteiger partial charge in [0.15, 0.2) is 0 Å². The fraction of sp³-hybridized carbons (Fsp3) is 0.643. The maximum atomic E-state index is 5.25. The highest BCUT2D eigenvalue weighted by Gasteiger charge is 2.21. The van der Waals surface area contributed by atoms with Crippen molar-refractivity contribution in [3.63, 3.8) is 0 Å². The molecule has 0 bridgehead atoms. The summed E-state index contributed by atoms with van der Waals surface area (Å²) < 4.78 is 5.25. The van der Waals surface area contributed by atoms with Gasteiger partial charge in [0.1, 0.15) is 0 Å². The third-order valence-electron chi connectivity index (χ3n) is 3.78. The standard InChI is InChI=1S/C14H22N2O/c1-10-8-13(9-14(16-10)17-3)11(2)12-4-6-15-7-5-12/h8-9,11-12,15H,4-7H2,1-3H3. The summed E-state index contributed by atoms with van der Waals surface area (Å²) in [7, 11) is 1.68. The molecule has 1 aliphatic rings. The van der Waals surface area contributed by atoms with Crippen LogP contribution in [0.15, 0.2) is 12.1 Å². The lowest BCUT2D eigenvalue weighted by molar-refractivity contribution is 0.328. The van der Waals surface area contributed by atoms with Gasteiger partial charge in [0.2, 0.25) is 5.88 Å². The Bertz CT molecular complexity index is 372. The summed E-state index contributed by atoms with van der Waals surface area (Å²) in [4.78, 5) is 4.35. The van der Waals surface area contributed by atoms with E-state index >= 15 is 0 Å². The van der Waals surface area contributed by atoms with Gasteiger partial charge in [-0.15, -0.1) is 0 Å². The van der Waals surface area contributed by atoms with E-state index in [1.54, 1.807) is 7.11 Å². The van der Waals surface area contributed by atoms with Gasteiger partial charge in [0, 0.05) is 11.8 Å². The van der Waals surface area contributed by atoms with E-state index in [9.17, 15) is 0 Å². The maximum Gasteiger partial charge on any atom is 0.213 e. The third-order valence-corrected chi connectivity index (χ3v) is 3.78. The zero-order chi connectivity index (χ0) is 12.3. The van der Waals surface area contributed by atoms with Crippen molar-refractivity contribution in [1.82, 2.24) is 10.3 Å². The van der Waals surface area contributed by atoms with E-state index in [1.165, 1.54) is 18.4 Å². The molecule has 1 aliphatic heterocycles. The van der Waals surface area contributed by atoms with E-state index in [0.717, 1.165) is 30.6 Å². The summed E-state index contributed by atoms with van der Waals surface area (Å²) in [5.41, 5.74) is 2.40. The Morgan fingerprint density at radius 2 is 2.06 bits per heavy atom. The van der Waals surface area contributed by atoms with Gasteiger partial charge in [-0.2, -0.15) is 0 Å². The molecule has 0 spiro atoms. The van der Waals surface area contributed by atoms with Crippen LogP contribution in [0.5, 0.6) is 5.88 Å². The first-order valence-corrected chi connectivity index (χ1v) is 6.44. The summed E-state index contributed by atoms with van der Waals surface area (Å²) in [5, 5.41) is 3.42. The molecule has 1 aromatic rings. The normalized spacial score (nSPS) is 19.0. The van der Waals surface area contributed by atoms with E-state index in [2.05, 4.69) is 29.4 Å². The molecule has 1 aromatic heterocycles. The molecule has 0 aromatic carbocycles. The fourth-order valence-electron chi connectivity index (χ4n) is 2.65. The number of piperidine rings is 1. The number of pyridine rings is 1. The molecule has 3 heteroatoms. The first kappa shape index (κ1) is 12.4. The van der Waals surface area contributed by atoms with Gasteiger partial charge in [-0.1, -0.05) is 6.92 Å². The number of rotatable bonds is 3. The molecule has 1 unspecified atom stereocenters. The average Bonchev–Trinajstić information content (AvgIpc) is 2.38. The van der Waals surface area contributed by atoms with Crippen LogP contribution < -0.4 is 10.1 Å². The zero-order valence-electron chi connectivity index (χ0n) is 11.0. The maximum absolute atomic E-state index is 5.25. The summed E-state index contributed by atoms with van der Waals surface area (Å²) in [6, 6.07) is 4.27. The van der Waals surface area contributed by atoms with E-state index in [4.69, 9.17) is 4.74 Å². The SMILES string of the molecule is COc1cc(C(C)C2CCNCC2)cc(C)n1. The van der Waals surface area contributed by atoms with Crippen molar-refractivity contribution in [2.75, 3.05) is 20.2 Å². The average molecular weight is 234 g/mol. The predicted octanol–water partition coefficient (Wildman–Crippen LogP) is 2.50. The molecule has 94 valence electrons. The fourth-order valence-corrected chi connectivity index (χ4v) is 2.65. The van der Waals surface area contributed by atoms with E-state index in [-0.39, 0.29) is 0 Å². The first-order chi connectivity index (χ1) is 8.20. The summed E-state index contributed by atoms with van der Waals surface area (Å²) in [6.07, 6.45) is 2.54. The molecular weight excluding hydrogens is 212 g/mol. The lowest BCUT2D eigenvalue weighted by atomic mass is 9.82. The van der Waals surface area contributed by atoms with Crippen LogP contribution in [0, 0.1) is 12.8 Å². The van der Waals surface area contributed by atoms with Gasteiger partial charge in [-0.05, 0) is 56.3 Å². The molecule has 1 fully saturated rings. The Labute approximate surface area is 104 Å². The van der Waals surface area contributed by atoms with Crippen molar-refractivity contribution in [2.24, 2.45) is 5.92 Å². The van der Waals surface area contributed by atoms with Gasteiger partial charge in [-0.25, -0.2) is 4.98 Å². The van der Waals surface area contributed by atoms with Crippen LogP contribution in [0.1, 0.15) is 36.9 Å². The Hall–Kier alpha value is -1.09. The lowest BCUT2D eigenvalue weighted by Crippen LogP contribution is -2.30. The van der Waals surface area contributed by atoms with E-state index in [1.807, 2.05) is 6.92 Å². The molecule has 0 saturated carbocycles. The molecule has 0 amide bonds. The summed E-state index contributed by atoms with van der Waals surface area (Å²) in [6.45, 7) is 6.65. The number of hydrogen-bond acceptors (Lipinski definition) is 3. The Kier molecular flexibility index (Phi) is 4.00. The number of methoxy groups -OCH3 is 1. The lowest BCUT2D eigenvalue weighted by Gasteiger charge is -2.28. The number of hydrogen-bond donors (Lipinski definition) is 1. The largest absolute Gasteiger partial charge is 0.481 e. The quantitative estimate of drug-likeness (QED) is 0.872. The van der Waals surface area contributed by atoms with Crippen molar-refractivity contribution in [1.29, 1.82) is 0 Å². The molecule has 2 rings (SSSR count). The van der Waals surface area contributed by atoms with Crippen LogP contribution in [0.4, 0.5) is 0 Å². The molecule has 2 heterocycles. The smallest absolute Gasteiger partial charge is 0.213 e. The van der Waals surface area contributed by atoms with Gasteiger partial charge in [-0.3, -0.25) is 0 Å². The van der Waals surface area contributed by atoms with Gasteiger partial charge in [0.05, 0.1) is 7.11 Å². The van der Waals surface area contributed by atoms with Crippen molar-refractivity contribution < 1.29 is 4.74 Å². The minimum Gasteiger partial charge on any atom is -0.481 e. The molecular formula is C14H22N2O. The van der Waals surface area contributed by atoms with Gasteiger partial charge < -0.3 is 10.1 Å². The second kappa shape index (κ2) is 5.50. The monoisotopic (exact) mass is 234 g/mol. The molecule has 1 N–H and O–H groups in total. The molecule has 1 saturated heterocycles. The van der Waals surface area contributed by atoms with E-state index in [0.29, 0.717) is 5.92 Å². The number of nitrogens with one attached hydrogen (secondary N) is 1. The second-order valence-electron chi connectivity index (χ2n) is 4.96. The van der Waals surface area contributed by atoms with Crippen molar-refractivity contribution in [3.8, 4) is 5.88 Å². The van der Waals surface area contributed by atoms with Crippen molar-refractivity contribution in [2.45, 2.75) is 32.6 Å². The predicted molar refractivity (Wildman–Crippen MR) is 69.5 cm³/mol. The first-order valence-electron chi connectivity index (χ1n) is 6.44. The highest BCUT2D eigenvalue weighted by molar-refractivity contribution is 5.28. The number of ether oxygens (including phenoxy) is 1. The molecule has 1 atom stereocenters.